The Morgan fingerprint density at radius 3 is 3.00 bits per heavy atom. The molecule has 64 valence electrons. The van der Waals surface area contributed by atoms with Gasteiger partial charge in [-0.3, -0.25) is 4.79 Å². The fraction of sp³-hybridized carbons (Fsp3) is 0.857. The highest BCUT2D eigenvalue weighted by atomic mass is 32.1. The van der Waals surface area contributed by atoms with Gasteiger partial charge in [0.25, 0.3) is 0 Å². The zero-order chi connectivity index (χ0) is 8.27. The molecule has 0 unspecified atom stereocenters. The van der Waals surface area contributed by atoms with E-state index in [0.717, 1.165) is 13.0 Å². The van der Waals surface area contributed by atoms with Crippen LogP contribution < -0.4 is 5.32 Å². The second-order valence-corrected chi connectivity index (χ2v) is 3.33. The van der Waals surface area contributed by atoms with Crippen molar-refractivity contribution in [2.75, 3.05) is 13.2 Å². The second-order valence-electron chi connectivity index (χ2n) is 2.60. The number of carbonyl (C=O) groups is 1. The number of rotatable bonds is 2. The molecule has 0 radical (unpaired) electrons. The van der Waals surface area contributed by atoms with Crippen molar-refractivity contribution >= 4 is 18.6 Å². The van der Waals surface area contributed by atoms with E-state index in [9.17, 15) is 4.79 Å². The Kier molecular flexibility index (Phi) is 3.20. The Balaban J connectivity index is 2.31. The van der Waals surface area contributed by atoms with Crippen LogP contribution in [0.2, 0.25) is 0 Å². The van der Waals surface area contributed by atoms with Gasteiger partial charge < -0.3 is 10.1 Å². The minimum absolute atomic E-state index is 0.127. The molecular formula is C7H13NO2S. The smallest absolute Gasteiger partial charge is 0.323 e. The summed E-state index contributed by atoms with van der Waals surface area (Å²) in [4.78, 5) is 11.1. The molecule has 0 aromatic rings. The molecule has 1 aliphatic heterocycles. The summed E-state index contributed by atoms with van der Waals surface area (Å²) >= 11 is 4.24. The van der Waals surface area contributed by atoms with Crippen LogP contribution >= 0.6 is 12.6 Å². The molecule has 0 aliphatic carbocycles. The average molecular weight is 175 g/mol. The highest BCUT2D eigenvalue weighted by molar-refractivity contribution is 7.81. The van der Waals surface area contributed by atoms with Gasteiger partial charge in [0.2, 0.25) is 0 Å². The van der Waals surface area contributed by atoms with Crippen LogP contribution in [0.5, 0.6) is 0 Å². The standard InChI is InChI=1S/C7H13NO2S/c1-2-10-7(9)6-3-5(11)4-8-6/h5-6,8,11H,2-4H2,1H3/t5-,6+/m1/s1. The highest BCUT2D eigenvalue weighted by Gasteiger charge is 2.27. The first kappa shape index (κ1) is 8.87. The predicted molar refractivity (Wildman–Crippen MR) is 45.8 cm³/mol. The van der Waals surface area contributed by atoms with Gasteiger partial charge in [0.15, 0.2) is 0 Å². The highest BCUT2D eigenvalue weighted by Crippen LogP contribution is 2.12. The lowest BCUT2D eigenvalue weighted by atomic mass is 10.2. The molecule has 1 fully saturated rings. The molecule has 0 aromatic heterocycles. The maximum atomic E-state index is 11.1. The summed E-state index contributed by atoms with van der Waals surface area (Å²) in [5, 5.41) is 3.34. The minimum Gasteiger partial charge on any atom is -0.465 e. The van der Waals surface area contributed by atoms with Crippen LogP contribution in [-0.4, -0.2) is 30.4 Å². The molecule has 1 aliphatic rings. The summed E-state index contributed by atoms with van der Waals surface area (Å²) in [5.74, 6) is -0.149. The van der Waals surface area contributed by atoms with E-state index in [1.807, 2.05) is 6.92 Å². The monoisotopic (exact) mass is 175 g/mol. The van der Waals surface area contributed by atoms with Gasteiger partial charge in [0.1, 0.15) is 6.04 Å². The van der Waals surface area contributed by atoms with Crippen molar-refractivity contribution in [2.24, 2.45) is 0 Å². The lowest BCUT2D eigenvalue weighted by Crippen LogP contribution is -2.32. The Morgan fingerprint density at radius 2 is 2.55 bits per heavy atom. The lowest BCUT2D eigenvalue weighted by molar-refractivity contribution is -0.145. The second kappa shape index (κ2) is 3.97. The minimum atomic E-state index is -0.149. The van der Waals surface area contributed by atoms with Crippen LogP contribution in [0.25, 0.3) is 0 Å². The van der Waals surface area contributed by atoms with Gasteiger partial charge in [0.05, 0.1) is 6.61 Å². The van der Waals surface area contributed by atoms with Crippen molar-refractivity contribution in [3.63, 3.8) is 0 Å². The first-order valence-electron chi connectivity index (χ1n) is 3.82. The van der Waals surface area contributed by atoms with E-state index in [2.05, 4.69) is 17.9 Å². The van der Waals surface area contributed by atoms with E-state index in [1.165, 1.54) is 0 Å². The van der Waals surface area contributed by atoms with Gasteiger partial charge in [-0.15, -0.1) is 0 Å². The van der Waals surface area contributed by atoms with E-state index < -0.39 is 0 Å². The van der Waals surface area contributed by atoms with Crippen molar-refractivity contribution in [1.29, 1.82) is 0 Å². The number of carbonyl (C=O) groups excluding carboxylic acids is 1. The van der Waals surface area contributed by atoms with E-state index >= 15 is 0 Å². The zero-order valence-corrected chi connectivity index (χ0v) is 7.43. The number of hydrogen-bond donors (Lipinski definition) is 2. The Bertz CT molecular complexity index is 151. The molecular weight excluding hydrogens is 162 g/mol. The molecule has 0 spiro atoms. The third-order valence-corrected chi connectivity index (χ3v) is 2.07. The largest absolute Gasteiger partial charge is 0.465 e. The summed E-state index contributed by atoms with van der Waals surface area (Å²) in [6, 6.07) is -0.127. The van der Waals surface area contributed by atoms with Gasteiger partial charge >= 0.3 is 5.97 Å². The van der Waals surface area contributed by atoms with E-state index in [4.69, 9.17) is 4.74 Å². The summed E-state index contributed by atoms with van der Waals surface area (Å²) in [7, 11) is 0. The van der Waals surface area contributed by atoms with Crippen molar-refractivity contribution in [2.45, 2.75) is 24.6 Å². The van der Waals surface area contributed by atoms with Gasteiger partial charge in [-0.05, 0) is 13.3 Å². The first-order chi connectivity index (χ1) is 5.24. The van der Waals surface area contributed by atoms with Gasteiger partial charge in [-0.1, -0.05) is 0 Å². The predicted octanol–water partition coefficient (Wildman–Crippen LogP) is 0.210. The molecule has 0 bridgehead atoms. The Morgan fingerprint density at radius 1 is 1.82 bits per heavy atom. The maximum absolute atomic E-state index is 11.1. The molecule has 2 atom stereocenters. The van der Waals surface area contributed by atoms with Crippen LogP contribution in [0.4, 0.5) is 0 Å². The van der Waals surface area contributed by atoms with Crippen LogP contribution in [0.3, 0.4) is 0 Å². The van der Waals surface area contributed by atoms with Gasteiger partial charge in [-0.25, -0.2) is 0 Å². The Labute approximate surface area is 71.9 Å². The summed E-state index contributed by atoms with van der Waals surface area (Å²) in [6.07, 6.45) is 0.780. The summed E-state index contributed by atoms with van der Waals surface area (Å²) < 4.78 is 4.84. The number of thiol groups is 1. The van der Waals surface area contributed by atoms with E-state index in [1.54, 1.807) is 0 Å². The van der Waals surface area contributed by atoms with Crippen LogP contribution in [-0.2, 0) is 9.53 Å². The molecule has 1 heterocycles. The Hall–Kier alpha value is -0.220. The van der Waals surface area contributed by atoms with Gasteiger partial charge in [0, 0.05) is 11.8 Å². The average Bonchev–Trinajstić information content (AvgIpc) is 2.36. The lowest BCUT2D eigenvalue weighted by Gasteiger charge is -2.07. The third-order valence-electron chi connectivity index (χ3n) is 1.68. The molecule has 4 heteroatoms. The van der Waals surface area contributed by atoms with Crippen molar-refractivity contribution in [3.8, 4) is 0 Å². The maximum Gasteiger partial charge on any atom is 0.323 e. The number of ether oxygens (including phenoxy) is 1. The van der Waals surface area contributed by atoms with E-state index in [-0.39, 0.29) is 12.0 Å². The van der Waals surface area contributed by atoms with Crippen molar-refractivity contribution < 1.29 is 9.53 Å². The molecule has 1 rings (SSSR count). The molecule has 3 nitrogen and oxygen atoms in total. The SMILES string of the molecule is CCOC(=O)[C@@H]1C[C@@H](S)CN1. The van der Waals surface area contributed by atoms with E-state index in [0.29, 0.717) is 11.9 Å². The van der Waals surface area contributed by atoms with Crippen LogP contribution in [0.15, 0.2) is 0 Å². The number of nitrogens with one attached hydrogen (secondary N) is 1. The fourth-order valence-corrected chi connectivity index (χ4v) is 1.46. The topological polar surface area (TPSA) is 38.3 Å². The van der Waals surface area contributed by atoms with Crippen molar-refractivity contribution in [3.05, 3.63) is 0 Å². The normalized spacial score (nSPS) is 30.4. The zero-order valence-electron chi connectivity index (χ0n) is 6.54. The first-order valence-corrected chi connectivity index (χ1v) is 4.33. The summed E-state index contributed by atoms with van der Waals surface area (Å²) in [6.45, 7) is 3.06. The quantitative estimate of drug-likeness (QED) is 0.465. The van der Waals surface area contributed by atoms with Gasteiger partial charge in [-0.2, -0.15) is 12.6 Å². The van der Waals surface area contributed by atoms with Crippen LogP contribution in [0.1, 0.15) is 13.3 Å². The number of esters is 1. The molecule has 1 N–H and O–H groups in total. The third kappa shape index (κ3) is 2.38. The molecule has 0 amide bonds. The van der Waals surface area contributed by atoms with Crippen molar-refractivity contribution in [1.82, 2.24) is 5.32 Å². The molecule has 11 heavy (non-hydrogen) atoms. The number of hydrogen-bond acceptors (Lipinski definition) is 4. The summed E-state index contributed by atoms with van der Waals surface area (Å²) in [5.41, 5.74) is 0. The fourth-order valence-electron chi connectivity index (χ4n) is 1.14. The molecule has 0 saturated carbocycles. The molecule has 1 saturated heterocycles. The van der Waals surface area contributed by atoms with Crippen LogP contribution in [0, 0.1) is 0 Å². The molecule has 0 aromatic carbocycles.